The summed E-state index contributed by atoms with van der Waals surface area (Å²) in [7, 11) is 1.58. The number of halogens is 2. The van der Waals surface area contributed by atoms with Crippen molar-refractivity contribution in [1.29, 1.82) is 0 Å². The molecule has 27 heavy (non-hydrogen) atoms. The number of rotatable bonds is 3. The van der Waals surface area contributed by atoms with Crippen LogP contribution in [0.5, 0.6) is 5.88 Å². The molecule has 2 aliphatic rings. The van der Waals surface area contributed by atoms with Gasteiger partial charge in [-0.3, -0.25) is 0 Å². The van der Waals surface area contributed by atoms with Gasteiger partial charge in [0.1, 0.15) is 5.82 Å². The first-order chi connectivity index (χ1) is 13.1. The van der Waals surface area contributed by atoms with E-state index in [0.29, 0.717) is 17.4 Å². The molecule has 2 heterocycles. The van der Waals surface area contributed by atoms with E-state index in [1.807, 2.05) is 12.3 Å². The molecular weight excluding hydrogens is 385 g/mol. The zero-order chi connectivity index (χ0) is 19.0. The minimum Gasteiger partial charge on any atom is -0.481 e. The number of methoxy groups -OCH3 is 1. The van der Waals surface area contributed by atoms with E-state index in [1.54, 1.807) is 37.2 Å². The van der Waals surface area contributed by atoms with Crippen molar-refractivity contribution in [2.75, 3.05) is 26.5 Å². The summed E-state index contributed by atoms with van der Waals surface area (Å²) in [5.41, 5.74) is 1.29. The summed E-state index contributed by atoms with van der Waals surface area (Å²) in [6.45, 7) is 1.45. The number of nitrogens with zero attached hydrogens (tertiary/aromatic N) is 3. The molecule has 0 unspecified atom stereocenters. The van der Waals surface area contributed by atoms with Crippen molar-refractivity contribution in [2.24, 2.45) is 10.9 Å². The third kappa shape index (κ3) is 3.15. The Labute approximate surface area is 166 Å². The predicted molar refractivity (Wildman–Crippen MR) is 107 cm³/mol. The highest BCUT2D eigenvalue weighted by Crippen LogP contribution is 2.46. The number of hydrogen-bond acceptors (Lipinski definition) is 4. The summed E-state index contributed by atoms with van der Waals surface area (Å²) in [5, 5.41) is 1.32. The summed E-state index contributed by atoms with van der Waals surface area (Å²) in [4.78, 5) is 11.1. The van der Waals surface area contributed by atoms with E-state index in [9.17, 15) is 4.39 Å². The van der Waals surface area contributed by atoms with Crippen molar-refractivity contribution in [3.05, 3.63) is 52.9 Å². The number of likely N-dealkylation sites (tertiary alicyclic amines) is 1. The molecule has 0 amide bonds. The number of fused-ring (bicyclic) bond motifs is 1. The van der Waals surface area contributed by atoms with Crippen LogP contribution in [-0.2, 0) is 5.41 Å². The molecule has 1 aliphatic carbocycles. The van der Waals surface area contributed by atoms with E-state index in [0.717, 1.165) is 23.0 Å². The average molecular weight is 402 g/mol. The van der Waals surface area contributed by atoms with Crippen LogP contribution in [0, 0.1) is 23.6 Å². The number of pyridine rings is 1. The molecule has 2 atom stereocenters. The molecule has 0 bridgehead atoms. The Morgan fingerprint density at radius 2 is 2.30 bits per heavy atom. The molecule has 0 spiro atoms. The lowest BCUT2D eigenvalue weighted by Crippen LogP contribution is -2.39. The molecule has 1 fully saturated rings. The summed E-state index contributed by atoms with van der Waals surface area (Å²) in [6.07, 6.45) is 3.68. The van der Waals surface area contributed by atoms with Crippen molar-refractivity contribution in [3.8, 4) is 17.7 Å². The van der Waals surface area contributed by atoms with Gasteiger partial charge in [0.25, 0.3) is 0 Å². The third-order valence-electron chi connectivity index (χ3n) is 4.93. The Morgan fingerprint density at radius 3 is 2.89 bits per heavy atom. The van der Waals surface area contributed by atoms with Crippen molar-refractivity contribution < 1.29 is 9.13 Å². The minimum atomic E-state index is -0.362. The number of hydrogen-bond donors (Lipinski definition) is 0. The number of thioether (sulfide) groups is 1. The van der Waals surface area contributed by atoms with Crippen LogP contribution in [0.2, 0.25) is 5.02 Å². The normalized spacial score (nSPS) is 23.3. The number of benzene rings is 1. The van der Waals surface area contributed by atoms with E-state index < -0.39 is 0 Å². The van der Waals surface area contributed by atoms with Crippen LogP contribution in [0.15, 0.2) is 41.5 Å². The fraction of sp³-hybridized carbons (Fsp3) is 0.300. The first-order valence-corrected chi connectivity index (χ1v) is 10.0. The molecule has 1 aromatic heterocycles. The van der Waals surface area contributed by atoms with Crippen LogP contribution in [0.1, 0.15) is 5.56 Å². The van der Waals surface area contributed by atoms with E-state index in [2.05, 4.69) is 21.7 Å². The first-order valence-electron chi connectivity index (χ1n) is 8.41. The quantitative estimate of drug-likeness (QED) is 0.440. The van der Waals surface area contributed by atoms with E-state index in [-0.39, 0.29) is 17.2 Å². The number of aliphatic imine (C=N–C) groups is 1. The molecule has 1 aromatic carbocycles. The lowest BCUT2D eigenvalue weighted by atomic mass is 9.67. The molecule has 1 saturated heterocycles. The topological polar surface area (TPSA) is 37.7 Å². The molecule has 138 valence electrons. The highest BCUT2D eigenvalue weighted by Gasteiger charge is 2.52. The monoisotopic (exact) mass is 401 g/mol. The van der Waals surface area contributed by atoms with Gasteiger partial charge in [-0.25, -0.2) is 14.4 Å². The van der Waals surface area contributed by atoms with Crippen LogP contribution >= 0.6 is 23.4 Å². The van der Waals surface area contributed by atoms with Crippen molar-refractivity contribution in [1.82, 2.24) is 9.88 Å². The van der Waals surface area contributed by atoms with Gasteiger partial charge in [0.15, 0.2) is 5.17 Å². The maximum atomic E-state index is 13.5. The van der Waals surface area contributed by atoms with Crippen molar-refractivity contribution in [2.45, 2.75) is 5.41 Å². The number of aromatic nitrogens is 1. The molecular formula is C20H17ClFN3OS. The van der Waals surface area contributed by atoms with Gasteiger partial charge < -0.3 is 9.64 Å². The molecule has 1 aliphatic heterocycles. The second-order valence-corrected chi connectivity index (χ2v) is 7.64. The second-order valence-electron chi connectivity index (χ2n) is 6.46. The Kier molecular flexibility index (Phi) is 4.75. The second kappa shape index (κ2) is 7.06. The SMILES string of the molecule is COc1ccc(N=C(SC)N2C[C@@H]3C#C[C@]3(c3ccc(F)cc3Cl)C2)cn1. The Balaban J connectivity index is 1.61. The van der Waals surface area contributed by atoms with Gasteiger partial charge in [-0.05, 0) is 30.0 Å². The first kappa shape index (κ1) is 18.1. The number of amidine groups is 1. The van der Waals surface area contributed by atoms with Gasteiger partial charge in [-0.1, -0.05) is 41.3 Å². The Morgan fingerprint density at radius 1 is 1.44 bits per heavy atom. The summed E-state index contributed by atoms with van der Waals surface area (Å²) >= 11 is 7.91. The third-order valence-corrected chi connectivity index (χ3v) is 5.95. The van der Waals surface area contributed by atoms with Gasteiger partial charge in [0, 0.05) is 24.2 Å². The number of ether oxygens (including phenoxy) is 1. The van der Waals surface area contributed by atoms with Gasteiger partial charge in [0.05, 0.1) is 30.3 Å². The van der Waals surface area contributed by atoms with Gasteiger partial charge in [0.2, 0.25) is 5.88 Å². The zero-order valence-electron chi connectivity index (χ0n) is 14.9. The molecule has 4 rings (SSSR count). The van der Waals surface area contributed by atoms with Gasteiger partial charge >= 0.3 is 0 Å². The average Bonchev–Trinajstić information content (AvgIpc) is 2.92. The molecule has 2 aromatic rings. The van der Waals surface area contributed by atoms with Crippen LogP contribution < -0.4 is 4.74 Å². The smallest absolute Gasteiger partial charge is 0.213 e. The maximum absolute atomic E-state index is 13.5. The molecule has 7 heteroatoms. The van der Waals surface area contributed by atoms with E-state index in [1.165, 1.54) is 12.1 Å². The van der Waals surface area contributed by atoms with Crippen LogP contribution in [-0.4, -0.2) is 41.5 Å². The highest BCUT2D eigenvalue weighted by atomic mass is 35.5. The van der Waals surface area contributed by atoms with E-state index >= 15 is 0 Å². The summed E-state index contributed by atoms with van der Waals surface area (Å²) < 4.78 is 18.5. The van der Waals surface area contributed by atoms with Crippen LogP contribution in [0.25, 0.3) is 0 Å². The van der Waals surface area contributed by atoms with Crippen LogP contribution in [0.3, 0.4) is 0 Å². The highest BCUT2D eigenvalue weighted by molar-refractivity contribution is 8.13. The largest absolute Gasteiger partial charge is 0.481 e. The van der Waals surface area contributed by atoms with Crippen LogP contribution in [0.4, 0.5) is 10.1 Å². The maximum Gasteiger partial charge on any atom is 0.213 e. The summed E-state index contributed by atoms with van der Waals surface area (Å²) in [6, 6.07) is 8.22. The summed E-state index contributed by atoms with van der Waals surface area (Å²) in [5.74, 6) is 6.91. The molecule has 0 N–H and O–H groups in total. The molecule has 0 radical (unpaired) electrons. The van der Waals surface area contributed by atoms with Crippen molar-refractivity contribution >= 4 is 34.2 Å². The van der Waals surface area contributed by atoms with Gasteiger partial charge in [-0.2, -0.15) is 0 Å². The van der Waals surface area contributed by atoms with E-state index in [4.69, 9.17) is 21.3 Å². The predicted octanol–water partition coefficient (Wildman–Crippen LogP) is 4.12. The van der Waals surface area contributed by atoms with Gasteiger partial charge in [-0.15, -0.1) is 0 Å². The lowest BCUT2D eigenvalue weighted by Gasteiger charge is -2.33. The Hall–Kier alpha value is -2.23. The molecule has 4 nitrogen and oxygen atoms in total. The fourth-order valence-electron chi connectivity index (χ4n) is 3.54. The lowest BCUT2D eigenvalue weighted by molar-refractivity contribution is 0.398. The van der Waals surface area contributed by atoms with Crippen molar-refractivity contribution in [3.63, 3.8) is 0 Å². The fourth-order valence-corrected chi connectivity index (χ4v) is 4.47. The Bertz CT molecular complexity index is 969. The minimum absolute atomic E-state index is 0.159. The molecule has 0 saturated carbocycles. The standard InChI is InChI=1S/C20H17ClFN3OS/c1-26-18-6-4-15(10-23-18)24-19(27-2)25-11-13-7-8-20(13,12-25)16-5-3-14(22)9-17(16)21/h3-6,9-10,13H,11-12H2,1-2H3/t13-,20-/m0/s1. The zero-order valence-corrected chi connectivity index (χ0v) is 16.4.